The number of likely N-dealkylation sites (N-methyl/N-ethyl adjacent to an activating group) is 1. The molecule has 1 N–H and O–H groups in total. The van der Waals surface area contributed by atoms with Gasteiger partial charge in [0.25, 0.3) is 0 Å². The van der Waals surface area contributed by atoms with Gasteiger partial charge in [0.2, 0.25) is 0 Å². The maximum Gasteiger partial charge on any atom is 0.178 e. The van der Waals surface area contributed by atoms with Crippen LogP contribution in [-0.4, -0.2) is 48.3 Å². The zero-order valence-corrected chi connectivity index (χ0v) is 12.1. The number of methoxy groups -OCH3 is 2. The minimum atomic E-state index is -3.54. The molecular formula is C12H17NO5S. The molecule has 0 bridgehead atoms. The Kier molecular flexibility index (Phi) is 4.90. The fraction of sp³-hybridized carbons (Fsp3) is 0.417. The minimum absolute atomic E-state index is 0.0397. The fourth-order valence-corrected chi connectivity index (χ4v) is 2.53. The first-order valence-electron chi connectivity index (χ1n) is 5.49. The summed E-state index contributed by atoms with van der Waals surface area (Å²) in [6, 6.07) is 2.69. The van der Waals surface area contributed by atoms with Crippen molar-refractivity contribution in [1.29, 1.82) is 0 Å². The lowest BCUT2D eigenvalue weighted by Gasteiger charge is -2.13. The van der Waals surface area contributed by atoms with E-state index in [-0.39, 0.29) is 28.5 Å². The SMILES string of the molecule is CNCC(=O)c1cc(OC)c(OC)cc1S(C)(=O)=O. The van der Waals surface area contributed by atoms with E-state index in [1.807, 2.05) is 0 Å². The number of sulfone groups is 1. The Hall–Kier alpha value is -1.60. The summed E-state index contributed by atoms with van der Waals surface area (Å²) in [5.74, 6) is 0.252. The minimum Gasteiger partial charge on any atom is -0.493 e. The molecule has 0 aliphatic rings. The molecule has 0 radical (unpaired) electrons. The van der Waals surface area contributed by atoms with Gasteiger partial charge < -0.3 is 14.8 Å². The zero-order chi connectivity index (χ0) is 14.6. The maximum atomic E-state index is 12.0. The van der Waals surface area contributed by atoms with Crippen molar-refractivity contribution in [3.63, 3.8) is 0 Å². The number of Topliss-reactive ketones (excluding diaryl/α,β-unsaturated/α-hetero) is 1. The molecule has 7 heteroatoms. The molecule has 0 saturated carbocycles. The molecule has 0 amide bonds. The summed E-state index contributed by atoms with van der Waals surface area (Å²) < 4.78 is 33.7. The van der Waals surface area contributed by atoms with Gasteiger partial charge in [0, 0.05) is 17.9 Å². The summed E-state index contributed by atoms with van der Waals surface area (Å²) in [4.78, 5) is 11.9. The van der Waals surface area contributed by atoms with Gasteiger partial charge in [-0.3, -0.25) is 4.79 Å². The number of carbonyl (C=O) groups is 1. The molecule has 0 fully saturated rings. The maximum absolute atomic E-state index is 12.0. The second kappa shape index (κ2) is 6.03. The monoisotopic (exact) mass is 287 g/mol. The first-order chi connectivity index (χ1) is 8.85. The Bertz CT molecular complexity index is 580. The highest BCUT2D eigenvalue weighted by Gasteiger charge is 2.22. The van der Waals surface area contributed by atoms with Crippen molar-refractivity contribution < 1.29 is 22.7 Å². The molecule has 0 unspecified atom stereocenters. The summed E-state index contributed by atoms with van der Waals surface area (Å²) in [5, 5.41) is 2.69. The molecule has 1 aromatic carbocycles. The second-order valence-electron chi connectivity index (χ2n) is 3.93. The molecule has 0 aliphatic heterocycles. The van der Waals surface area contributed by atoms with Crippen molar-refractivity contribution in [2.75, 3.05) is 34.1 Å². The van der Waals surface area contributed by atoms with Crippen molar-refractivity contribution >= 4 is 15.6 Å². The molecule has 0 aromatic heterocycles. The summed E-state index contributed by atoms with van der Waals surface area (Å²) >= 11 is 0. The lowest BCUT2D eigenvalue weighted by atomic mass is 10.1. The third kappa shape index (κ3) is 3.45. The molecule has 1 rings (SSSR count). The lowest BCUT2D eigenvalue weighted by molar-refractivity contribution is 0.0990. The van der Waals surface area contributed by atoms with Gasteiger partial charge in [-0.05, 0) is 13.1 Å². The van der Waals surface area contributed by atoms with Crippen LogP contribution in [0.25, 0.3) is 0 Å². The van der Waals surface area contributed by atoms with Crippen LogP contribution < -0.4 is 14.8 Å². The quantitative estimate of drug-likeness (QED) is 0.768. The van der Waals surface area contributed by atoms with Gasteiger partial charge in [0.15, 0.2) is 27.1 Å². The number of rotatable bonds is 6. The number of ketones is 1. The van der Waals surface area contributed by atoms with Gasteiger partial charge in [0.1, 0.15) is 0 Å². The van der Waals surface area contributed by atoms with Crippen molar-refractivity contribution in [2.24, 2.45) is 0 Å². The number of nitrogens with one attached hydrogen (secondary N) is 1. The van der Waals surface area contributed by atoms with Gasteiger partial charge in [-0.1, -0.05) is 0 Å². The molecule has 0 aliphatic carbocycles. The Labute approximate surface area is 112 Å². The van der Waals surface area contributed by atoms with E-state index in [0.717, 1.165) is 6.26 Å². The number of hydrogen-bond acceptors (Lipinski definition) is 6. The van der Waals surface area contributed by atoms with E-state index >= 15 is 0 Å². The fourth-order valence-electron chi connectivity index (χ4n) is 1.64. The van der Waals surface area contributed by atoms with Crippen LogP contribution >= 0.6 is 0 Å². The first kappa shape index (κ1) is 15.5. The summed E-state index contributed by atoms with van der Waals surface area (Å²) in [6.45, 7) is 0.0397. The van der Waals surface area contributed by atoms with E-state index in [9.17, 15) is 13.2 Å². The molecule has 106 valence electrons. The van der Waals surface area contributed by atoms with Crippen LogP contribution in [0.15, 0.2) is 17.0 Å². The summed E-state index contributed by atoms with van der Waals surface area (Å²) in [5.41, 5.74) is 0.0921. The van der Waals surface area contributed by atoms with Gasteiger partial charge in [0.05, 0.1) is 25.7 Å². The number of benzene rings is 1. The highest BCUT2D eigenvalue weighted by atomic mass is 32.2. The van der Waals surface area contributed by atoms with Crippen molar-refractivity contribution in [3.05, 3.63) is 17.7 Å². The average molecular weight is 287 g/mol. The Balaban J connectivity index is 3.54. The zero-order valence-electron chi connectivity index (χ0n) is 11.3. The number of ether oxygens (including phenoxy) is 2. The Morgan fingerprint density at radius 1 is 1.21 bits per heavy atom. The predicted octanol–water partition coefficient (Wildman–Crippen LogP) is 0.509. The molecule has 1 aromatic rings. The van der Waals surface area contributed by atoms with Crippen LogP contribution in [0.3, 0.4) is 0 Å². The van der Waals surface area contributed by atoms with Gasteiger partial charge >= 0.3 is 0 Å². The van der Waals surface area contributed by atoms with E-state index in [2.05, 4.69) is 5.32 Å². The number of carbonyl (C=O) groups excluding carboxylic acids is 1. The Morgan fingerprint density at radius 3 is 2.16 bits per heavy atom. The average Bonchev–Trinajstić information content (AvgIpc) is 2.36. The normalized spacial score (nSPS) is 11.2. The van der Waals surface area contributed by atoms with Crippen molar-refractivity contribution in [1.82, 2.24) is 5.32 Å². The van der Waals surface area contributed by atoms with E-state index in [1.165, 1.54) is 26.4 Å². The highest BCUT2D eigenvalue weighted by Crippen LogP contribution is 2.32. The molecule has 0 heterocycles. The smallest absolute Gasteiger partial charge is 0.178 e. The molecule has 0 atom stereocenters. The van der Waals surface area contributed by atoms with Crippen LogP contribution in [0, 0.1) is 0 Å². The van der Waals surface area contributed by atoms with Crippen LogP contribution in [0.5, 0.6) is 11.5 Å². The summed E-state index contributed by atoms with van der Waals surface area (Å²) in [6.07, 6.45) is 1.05. The van der Waals surface area contributed by atoms with E-state index in [4.69, 9.17) is 9.47 Å². The van der Waals surface area contributed by atoms with E-state index in [0.29, 0.717) is 5.75 Å². The topological polar surface area (TPSA) is 81.7 Å². The highest BCUT2D eigenvalue weighted by molar-refractivity contribution is 7.90. The second-order valence-corrected chi connectivity index (χ2v) is 5.91. The standard InChI is InChI=1S/C12H17NO5S/c1-13-7-9(14)8-5-10(17-2)11(18-3)6-12(8)19(4,15)16/h5-6,13H,7H2,1-4H3. The van der Waals surface area contributed by atoms with E-state index in [1.54, 1.807) is 7.05 Å². The molecule has 0 spiro atoms. The van der Waals surface area contributed by atoms with E-state index < -0.39 is 9.84 Å². The molecular weight excluding hydrogens is 270 g/mol. The lowest BCUT2D eigenvalue weighted by Crippen LogP contribution is -2.21. The van der Waals surface area contributed by atoms with Crippen LogP contribution in [0.1, 0.15) is 10.4 Å². The first-order valence-corrected chi connectivity index (χ1v) is 7.38. The third-order valence-electron chi connectivity index (χ3n) is 2.52. The van der Waals surface area contributed by atoms with Crippen molar-refractivity contribution in [2.45, 2.75) is 4.90 Å². The predicted molar refractivity (Wildman–Crippen MR) is 70.9 cm³/mol. The molecule has 0 saturated heterocycles. The Morgan fingerprint density at radius 2 is 1.74 bits per heavy atom. The van der Waals surface area contributed by atoms with Crippen LogP contribution in [0.4, 0.5) is 0 Å². The van der Waals surface area contributed by atoms with Crippen LogP contribution in [0.2, 0.25) is 0 Å². The number of hydrogen-bond donors (Lipinski definition) is 1. The van der Waals surface area contributed by atoms with Gasteiger partial charge in [-0.15, -0.1) is 0 Å². The molecule has 19 heavy (non-hydrogen) atoms. The van der Waals surface area contributed by atoms with Gasteiger partial charge in [-0.25, -0.2) is 8.42 Å². The largest absolute Gasteiger partial charge is 0.493 e. The van der Waals surface area contributed by atoms with Crippen LogP contribution in [-0.2, 0) is 9.84 Å². The van der Waals surface area contributed by atoms with Gasteiger partial charge in [-0.2, -0.15) is 0 Å². The third-order valence-corrected chi connectivity index (χ3v) is 3.66. The van der Waals surface area contributed by atoms with Crippen molar-refractivity contribution in [3.8, 4) is 11.5 Å². The summed E-state index contributed by atoms with van der Waals surface area (Å²) in [7, 11) is 0.894. The molecule has 6 nitrogen and oxygen atoms in total.